The summed E-state index contributed by atoms with van der Waals surface area (Å²) in [6.07, 6.45) is -1.83. The summed E-state index contributed by atoms with van der Waals surface area (Å²) in [5, 5.41) is 3.21. The maximum absolute atomic E-state index is 14.4. The number of piperazine rings is 1. The number of pyridine rings is 1. The Morgan fingerprint density at radius 2 is 1.64 bits per heavy atom. The van der Waals surface area contributed by atoms with Crippen molar-refractivity contribution in [3.8, 4) is 0 Å². The van der Waals surface area contributed by atoms with Crippen molar-refractivity contribution in [1.29, 1.82) is 0 Å². The Morgan fingerprint density at radius 1 is 0.960 bits per heavy atom. The number of aromatic nitrogens is 3. The van der Waals surface area contributed by atoms with Crippen LogP contribution in [-0.4, -0.2) is 41.1 Å². The van der Waals surface area contributed by atoms with Crippen molar-refractivity contribution in [3.05, 3.63) is 35.9 Å². The van der Waals surface area contributed by atoms with E-state index in [0.717, 1.165) is 19.2 Å². The van der Waals surface area contributed by atoms with Crippen LogP contribution in [0.5, 0.6) is 0 Å². The highest BCUT2D eigenvalue weighted by Crippen LogP contribution is 2.36. The number of hydrogen-bond acceptors (Lipinski definition) is 5. The van der Waals surface area contributed by atoms with Crippen LogP contribution in [0, 0.1) is 5.82 Å². The van der Waals surface area contributed by atoms with Gasteiger partial charge in [-0.1, -0.05) is 0 Å². The molecule has 0 unspecified atom stereocenters. The summed E-state index contributed by atoms with van der Waals surface area (Å²) >= 11 is 0. The highest BCUT2D eigenvalue weighted by molar-refractivity contribution is 6.06. The molecule has 1 N–H and O–H groups in total. The van der Waals surface area contributed by atoms with E-state index in [0.29, 0.717) is 30.5 Å². The largest absolute Gasteiger partial charge is 0.416 e. The zero-order valence-corrected chi connectivity index (χ0v) is 12.9. The monoisotopic (exact) mass is 351 g/mol. The smallest absolute Gasteiger partial charge is 0.352 e. The zero-order chi connectivity index (χ0) is 17.6. The van der Waals surface area contributed by atoms with Crippen molar-refractivity contribution in [2.75, 3.05) is 31.1 Å². The van der Waals surface area contributed by atoms with E-state index in [1.807, 2.05) is 4.90 Å². The van der Waals surface area contributed by atoms with Crippen LogP contribution in [0.25, 0.3) is 21.9 Å². The maximum Gasteiger partial charge on any atom is 0.416 e. The predicted molar refractivity (Wildman–Crippen MR) is 84.9 cm³/mol. The second kappa shape index (κ2) is 5.76. The predicted octanol–water partition coefficient (Wildman–Crippen LogP) is 2.75. The standard InChI is InChI=1S/C16H13F4N5/c17-11-8-9(16(18,19)20)7-10-12(11)24-15(25-5-3-21-4-6-25)14-13(10)22-1-2-23-14/h1-2,7-8,21H,3-6H2. The highest BCUT2D eigenvalue weighted by Gasteiger charge is 2.32. The molecule has 1 aromatic carbocycles. The second-order valence-corrected chi connectivity index (χ2v) is 5.78. The van der Waals surface area contributed by atoms with E-state index in [9.17, 15) is 17.6 Å². The van der Waals surface area contributed by atoms with E-state index in [4.69, 9.17) is 0 Å². The SMILES string of the molecule is Fc1cc(C(F)(F)F)cc2c1nc(N1CCNCC1)c1nccnc12. The molecule has 4 rings (SSSR count). The Labute approximate surface area is 139 Å². The van der Waals surface area contributed by atoms with Gasteiger partial charge in [-0.2, -0.15) is 13.2 Å². The third kappa shape index (κ3) is 2.74. The fourth-order valence-corrected chi connectivity index (χ4v) is 3.01. The van der Waals surface area contributed by atoms with Crippen molar-refractivity contribution >= 4 is 27.8 Å². The number of nitrogens with one attached hydrogen (secondary N) is 1. The Hall–Kier alpha value is -2.55. The lowest BCUT2D eigenvalue weighted by molar-refractivity contribution is -0.137. The van der Waals surface area contributed by atoms with Gasteiger partial charge in [-0.3, -0.25) is 4.98 Å². The summed E-state index contributed by atoms with van der Waals surface area (Å²) in [5.74, 6) is -0.579. The fraction of sp³-hybridized carbons (Fsp3) is 0.312. The van der Waals surface area contributed by atoms with Crippen LogP contribution in [0.3, 0.4) is 0 Å². The van der Waals surface area contributed by atoms with E-state index < -0.39 is 17.6 Å². The van der Waals surface area contributed by atoms with Gasteiger partial charge < -0.3 is 10.2 Å². The Morgan fingerprint density at radius 3 is 2.32 bits per heavy atom. The van der Waals surface area contributed by atoms with Gasteiger partial charge in [0.15, 0.2) is 5.82 Å². The molecule has 0 spiro atoms. The van der Waals surface area contributed by atoms with Crippen LogP contribution in [0.15, 0.2) is 24.5 Å². The molecule has 9 heteroatoms. The normalized spacial score (nSPS) is 15.9. The van der Waals surface area contributed by atoms with Gasteiger partial charge in [0.1, 0.15) is 22.4 Å². The molecule has 1 aliphatic rings. The number of benzene rings is 1. The molecule has 3 heterocycles. The summed E-state index contributed by atoms with van der Waals surface area (Å²) in [4.78, 5) is 14.6. The molecule has 0 aliphatic carbocycles. The molecule has 25 heavy (non-hydrogen) atoms. The highest BCUT2D eigenvalue weighted by atomic mass is 19.4. The van der Waals surface area contributed by atoms with Gasteiger partial charge in [-0.25, -0.2) is 14.4 Å². The van der Waals surface area contributed by atoms with Crippen LogP contribution < -0.4 is 10.2 Å². The molecule has 1 fully saturated rings. The number of alkyl halides is 3. The molecule has 1 saturated heterocycles. The zero-order valence-electron chi connectivity index (χ0n) is 12.9. The van der Waals surface area contributed by atoms with Gasteiger partial charge in [0.2, 0.25) is 0 Å². The third-order valence-electron chi connectivity index (χ3n) is 4.19. The van der Waals surface area contributed by atoms with Crippen molar-refractivity contribution in [1.82, 2.24) is 20.3 Å². The third-order valence-corrected chi connectivity index (χ3v) is 4.19. The molecule has 1 aliphatic heterocycles. The van der Waals surface area contributed by atoms with Crippen LogP contribution in [-0.2, 0) is 6.18 Å². The molecular formula is C16H13F4N5. The van der Waals surface area contributed by atoms with Gasteiger partial charge in [-0.05, 0) is 12.1 Å². The first kappa shape index (κ1) is 15.9. The maximum atomic E-state index is 14.4. The Kier molecular flexibility index (Phi) is 3.68. The van der Waals surface area contributed by atoms with E-state index in [2.05, 4.69) is 20.3 Å². The summed E-state index contributed by atoms with van der Waals surface area (Å²) < 4.78 is 53.5. The second-order valence-electron chi connectivity index (χ2n) is 5.78. The van der Waals surface area contributed by atoms with Gasteiger partial charge in [0, 0.05) is 44.0 Å². The molecule has 3 aromatic rings. The van der Waals surface area contributed by atoms with E-state index in [1.165, 1.54) is 12.4 Å². The van der Waals surface area contributed by atoms with Gasteiger partial charge >= 0.3 is 6.18 Å². The summed E-state index contributed by atoms with van der Waals surface area (Å²) in [6.45, 7) is 2.76. The summed E-state index contributed by atoms with van der Waals surface area (Å²) in [5.41, 5.74) is -0.614. The average Bonchev–Trinajstić information content (AvgIpc) is 2.61. The Bertz CT molecular complexity index is 951. The van der Waals surface area contributed by atoms with Crippen LogP contribution in [0.1, 0.15) is 5.56 Å². The number of fused-ring (bicyclic) bond motifs is 3. The number of rotatable bonds is 1. The molecule has 0 bridgehead atoms. The van der Waals surface area contributed by atoms with Crippen molar-refractivity contribution in [3.63, 3.8) is 0 Å². The molecule has 0 radical (unpaired) electrons. The van der Waals surface area contributed by atoms with Gasteiger partial charge in [0.25, 0.3) is 0 Å². The van der Waals surface area contributed by atoms with Crippen LogP contribution in [0.2, 0.25) is 0 Å². The van der Waals surface area contributed by atoms with Crippen molar-refractivity contribution in [2.24, 2.45) is 0 Å². The minimum atomic E-state index is -4.65. The van der Waals surface area contributed by atoms with Crippen molar-refractivity contribution in [2.45, 2.75) is 6.18 Å². The first-order valence-corrected chi connectivity index (χ1v) is 7.72. The van der Waals surface area contributed by atoms with E-state index in [1.54, 1.807) is 0 Å². The number of hydrogen-bond donors (Lipinski definition) is 1. The minimum Gasteiger partial charge on any atom is -0.352 e. The first-order chi connectivity index (χ1) is 11.9. The van der Waals surface area contributed by atoms with E-state index in [-0.39, 0.29) is 16.4 Å². The topological polar surface area (TPSA) is 53.9 Å². The lowest BCUT2D eigenvalue weighted by Gasteiger charge is -2.29. The fourth-order valence-electron chi connectivity index (χ4n) is 3.01. The molecule has 0 atom stereocenters. The molecular weight excluding hydrogens is 338 g/mol. The number of nitrogens with zero attached hydrogens (tertiary/aromatic N) is 4. The molecule has 0 saturated carbocycles. The molecule has 0 amide bonds. The first-order valence-electron chi connectivity index (χ1n) is 7.72. The lowest BCUT2D eigenvalue weighted by atomic mass is 10.1. The van der Waals surface area contributed by atoms with Crippen molar-refractivity contribution < 1.29 is 17.6 Å². The Balaban J connectivity index is 2.03. The quantitative estimate of drug-likeness (QED) is 0.540. The minimum absolute atomic E-state index is 0.00862. The number of anilines is 1. The number of halogens is 4. The lowest BCUT2D eigenvalue weighted by Crippen LogP contribution is -2.44. The molecule has 5 nitrogen and oxygen atoms in total. The van der Waals surface area contributed by atoms with Crippen LogP contribution in [0.4, 0.5) is 23.4 Å². The molecule has 130 valence electrons. The van der Waals surface area contributed by atoms with E-state index >= 15 is 0 Å². The molecule has 2 aromatic heterocycles. The summed E-state index contributed by atoms with van der Waals surface area (Å²) in [7, 11) is 0. The van der Waals surface area contributed by atoms with Gasteiger partial charge in [-0.15, -0.1) is 0 Å². The average molecular weight is 351 g/mol. The summed E-state index contributed by atoms with van der Waals surface area (Å²) in [6, 6.07) is 1.35. The van der Waals surface area contributed by atoms with Crippen LogP contribution >= 0.6 is 0 Å². The van der Waals surface area contributed by atoms with Gasteiger partial charge in [0.05, 0.1) is 5.56 Å².